The van der Waals surface area contributed by atoms with Gasteiger partial charge >= 0.3 is 0 Å². The molecule has 1 amide bonds. The van der Waals surface area contributed by atoms with Gasteiger partial charge in [0, 0.05) is 31.0 Å². The monoisotopic (exact) mass is 464 g/mol. The molecule has 0 aromatic heterocycles. The summed E-state index contributed by atoms with van der Waals surface area (Å²) >= 11 is 5.81. The molecule has 0 bridgehead atoms. The second-order valence-electron chi connectivity index (χ2n) is 7.60. The molecule has 2 heterocycles. The summed E-state index contributed by atoms with van der Waals surface area (Å²) < 4.78 is 38.8. The Morgan fingerprint density at radius 3 is 2.58 bits per heavy atom. The zero-order valence-corrected chi connectivity index (χ0v) is 18.6. The Morgan fingerprint density at radius 1 is 1.06 bits per heavy atom. The van der Waals surface area contributed by atoms with Crippen LogP contribution in [0.4, 0.5) is 0 Å². The lowest BCUT2D eigenvalue weighted by molar-refractivity contribution is -0.131. The van der Waals surface area contributed by atoms with Gasteiger partial charge in [0.1, 0.15) is 0 Å². The van der Waals surface area contributed by atoms with Crippen LogP contribution in [0.5, 0.6) is 11.5 Å². The summed E-state index contributed by atoms with van der Waals surface area (Å²) in [4.78, 5) is 14.8. The number of hydrogen-bond donors (Lipinski definition) is 1. The molecule has 1 fully saturated rings. The molecule has 0 aliphatic carbocycles. The molecule has 31 heavy (non-hydrogen) atoms. The Balaban J connectivity index is 1.38. The van der Waals surface area contributed by atoms with Crippen molar-refractivity contribution in [3.05, 3.63) is 53.1 Å². The van der Waals surface area contributed by atoms with Crippen LogP contribution in [-0.4, -0.2) is 45.5 Å². The van der Waals surface area contributed by atoms with Crippen LogP contribution in [0.1, 0.15) is 37.3 Å². The van der Waals surface area contributed by atoms with Crippen molar-refractivity contribution in [2.45, 2.75) is 36.6 Å². The second-order valence-corrected chi connectivity index (χ2v) is 9.81. The molecule has 2 aliphatic heterocycles. The number of fused-ring (bicyclic) bond motifs is 1. The van der Waals surface area contributed by atoms with E-state index < -0.39 is 10.0 Å². The molecule has 9 heteroatoms. The van der Waals surface area contributed by atoms with Crippen molar-refractivity contribution in [3.63, 3.8) is 0 Å². The highest BCUT2D eigenvalue weighted by molar-refractivity contribution is 7.89. The lowest BCUT2D eigenvalue weighted by atomic mass is 10.0. The van der Waals surface area contributed by atoms with Crippen molar-refractivity contribution in [2.75, 3.05) is 26.3 Å². The Morgan fingerprint density at radius 2 is 1.81 bits per heavy atom. The summed E-state index contributed by atoms with van der Waals surface area (Å²) in [5.41, 5.74) is 1.01. The van der Waals surface area contributed by atoms with E-state index in [-0.39, 0.29) is 29.8 Å². The smallest absolute Gasteiger partial charge is 0.240 e. The first-order valence-electron chi connectivity index (χ1n) is 10.4. The molecule has 0 spiro atoms. The van der Waals surface area contributed by atoms with E-state index in [1.807, 2.05) is 23.1 Å². The van der Waals surface area contributed by atoms with Crippen LogP contribution < -0.4 is 14.2 Å². The minimum atomic E-state index is -3.69. The molecule has 1 saturated heterocycles. The van der Waals surface area contributed by atoms with E-state index in [0.29, 0.717) is 30.5 Å². The van der Waals surface area contributed by atoms with Gasteiger partial charge in [-0.2, -0.15) is 0 Å². The van der Waals surface area contributed by atoms with E-state index >= 15 is 0 Å². The van der Waals surface area contributed by atoms with Crippen molar-refractivity contribution in [3.8, 4) is 11.5 Å². The van der Waals surface area contributed by atoms with Gasteiger partial charge in [0.25, 0.3) is 0 Å². The predicted octanol–water partition coefficient (Wildman–Crippen LogP) is 3.53. The number of likely N-dealkylation sites (tertiary alicyclic amines) is 1. The van der Waals surface area contributed by atoms with Crippen LogP contribution in [0.15, 0.2) is 47.4 Å². The molecular formula is C22H25ClN2O5S. The molecular weight excluding hydrogens is 440 g/mol. The van der Waals surface area contributed by atoms with E-state index in [9.17, 15) is 13.2 Å². The fourth-order valence-corrected chi connectivity index (χ4v) is 5.09. The summed E-state index contributed by atoms with van der Waals surface area (Å²) in [5.74, 6) is 1.37. The van der Waals surface area contributed by atoms with Crippen molar-refractivity contribution in [1.82, 2.24) is 9.62 Å². The number of nitrogens with one attached hydrogen (secondary N) is 1. The van der Waals surface area contributed by atoms with Gasteiger partial charge in [0.05, 0.1) is 24.2 Å². The number of carbonyl (C=O) groups excluding carboxylic acids is 1. The molecule has 166 valence electrons. The molecule has 2 aromatic carbocycles. The number of amides is 1. The molecule has 0 saturated carbocycles. The average Bonchev–Trinajstić information content (AvgIpc) is 3.13. The van der Waals surface area contributed by atoms with Gasteiger partial charge in [-0.25, -0.2) is 13.1 Å². The topological polar surface area (TPSA) is 84.9 Å². The summed E-state index contributed by atoms with van der Waals surface area (Å²) in [5, 5.41) is 0.462. The summed E-state index contributed by atoms with van der Waals surface area (Å²) in [6.45, 7) is 1.93. The molecule has 1 atom stereocenters. The maximum Gasteiger partial charge on any atom is 0.240 e. The number of rotatable bonds is 6. The van der Waals surface area contributed by atoms with Crippen LogP contribution in [0.25, 0.3) is 0 Å². The number of nitrogens with zero attached hydrogens (tertiary/aromatic N) is 1. The maximum absolute atomic E-state index is 12.9. The molecule has 1 unspecified atom stereocenters. The predicted molar refractivity (Wildman–Crippen MR) is 117 cm³/mol. The molecule has 7 nitrogen and oxygen atoms in total. The third-order valence-electron chi connectivity index (χ3n) is 5.48. The van der Waals surface area contributed by atoms with Crippen molar-refractivity contribution in [2.24, 2.45) is 0 Å². The highest BCUT2D eigenvalue weighted by Crippen LogP contribution is 2.38. The van der Waals surface area contributed by atoms with Gasteiger partial charge in [0.2, 0.25) is 15.9 Å². The van der Waals surface area contributed by atoms with Gasteiger partial charge in [-0.15, -0.1) is 0 Å². The van der Waals surface area contributed by atoms with E-state index in [1.54, 1.807) is 0 Å². The molecule has 0 radical (unpaired) electrons. The number of ether oxygens (including phenoxy) is 2. The van der Waals surface area contributed by atoms with Crippen molar-refractivity contribution >= 4 is 27.5 Å². The SMILES string of the molecule is O=C(CCNS(=O)(=O)c1ccc(Cl)cc1)N1CCCC1c1ccc2c(c1)OCCCO2. The fraction of sp³-hybridized carbons (Fsp3) is 0.409. The summed E-state index contributed by atoms with van der Waals surface area (Å²) in [6, 6.07) is 11.7. The molecule has 1 N–H and O–H groups in total. The van der Waals surface area contributed by atoms with Gasteiger partial charge in [-0.3, -0.25) is 4.79 Å². The first kappa shape index (κ1) is 21.9. The third kappa shape index (κ3) is 5.14. The number of hydrogen-bond acceptors (Lipinski definition) is 5. The van der Waals surface area contributed by atoms with Gasteiger partial charge < -0.3 is 14.4 Å². The Labute approximate surface area is 187 Å². The molecule has 2 aliphatic rings. The standard InChI is InChI=1S/C22H25ClN2O5S/c23-17-5-7-18(8-6-17)31(27,28)24-11-10-22(26)25-12-1-3-19(25)16-4-9-20-21(15-16)30-14-2-13-29-20/h4-9,15,19,24H,1-3,10-14H2. The van der Waals surface area contributed by atoms with Crippen LogP contribution >= 0.6 is 11.6 Å². The minimum Gasteiger partial charge on any atom is -0.490 e. The van der Waals surface area contributed by atoms with Crippen molar-refractivity contribution < 1.29 is 22.7 Å². The number of sulfonamides is 1. The Kier molecular flexibility index (Phi) is 6.69. The Bertz CT molecular complexity index is 1040. The highest BCUT2D eigenvalue weighted by atomic mass is 35.5. The second kappa shape index (κ2) is 9.46. The van der Waals surface area contributed by atoms with Gasteiger partial charge in [0.15, 0.2) is 11.5 Å². The lowest BCUT2D eigenvalue weighted by Gasteiger charge is -2.26. The highest BCUT2D eigenvalue weighted by Gasteiger charge is 2.30. The van der Waals surface area contributed by atoms with E-state index in [0.717, 1.165) is 30.6 Å². The van der Waals surface area contributed by atoms with Crippen LogP contribution in [-0.2, 0) is 14.8 Å². The normalized spacial score (nSPS) is 18.6. The lowest BCUT2D eigenvalue weighted by Crippen LogP contribution is -2.34. The minimum absolute atomic E-state index is 0.0359. The first-order valence-corrected chi connectivity index (χ1v) is 12.2. The largest absolute Gasteiger partial charge is 0.490 e. The zero-order valence-electron chi connectivity index (χ0n) is 17.1. The fourth-order valence-electron chi connectivity index (χ4n) is 3.93. The maximum atomic E-state index is 12.9. The van der Waals surface area contributed by atoms with Crippen LogP contribution in [0.3, 0.4) is 0 Å². The first-order chi connectivity index (χ1) is 14.9. The zero-order chi connectivity index (χ0) is 21.8. The van der Waals surface area contributed by atoms with E-state index in [2.05, 4.69) is 4.72 Å². The van der Waals surface area contributed by atoms with E-state index in [4.69, 9.17) is 21.1 Å². The number of carbonyl (C=O) groups is 1. The molecule has 4 rings (SSSR count). The number of benzene rings is 2. The summed E-state index contributed by atoms with van der Waals surface area (Å²) in [7, 11) is -3.69. The van der Waals surface area contributed by atoms with E-state index in [1.165, 1.54) is 24.3 Å². The van der Waals surface area contributed by atoms with Gasteiger partial charge in [-0.05, 0) is 54.8 Å². The Hall–Kier alpha value is -2.29. The quantitative estimate of drug-likeness (QED) is 0.706. The summed E-state index contributed by atoms with van der Waals surface area (Å²) in [6.07, 6.45) is 2.70. The van der Waals surface area contributed by atoms with Crippen molar-refractivity contribution in [1.29, 1.82) is 0 Å². The van der Waals surface area contributed by atoms with Crippen LogP contribution in [0.2, 0.25) is 5.02 Å². The van der Waals surface area contributed by atoms with Crippen LogP contribution in [0, 0.1) is 0 Å². The average molecular weight is 465 g/mol. The molecule has 2 aromatic rings. The number of halogens is 1. The van der Waals surface area contributed by atoms with Gasteiger partial charge in [-0.1, -0.05) is 17.7 Å². The third-order valence-corrected chi connectivity index (χ3v) is 7.21.